The maximum absolute atomic E-state index is 6.05. The van der Waals surface area contributed by atoms with Crippen molar-refractivity contribution in [3.63, 3.8) is 0 Å². The van der Waals surface area contributed by atoms with Crippen LogP contribution in [0.25, 0.3) is 11.1 Å². The van der Waals surface area contributed by atoms with Crippen molar-refractivity contribution in [1.29, 1.82) is 0 Å². The van der Waals surface area contributed by atoms with Gasteiger partial charge in [0.15, 0.2) is 6.29 Å². The van der Waals surface area contributed by atoms with Crippen LogP contribution in [0.1, 0.15) is 19.3 Å². The molecule has 3 heteroatoms. The van der Waals surface area contributed by atoms with Crippen molar-refractivity contribution >= 4 is 15.9 Å². The summed E-state index contributed by atoms with van der Waals surface area (Å²) >= 11 is 3.53. The van der Waals surface area contributed by atoms with Crippen molar-refractivity contribution in [2.45, 2.75) is 25.6 Å². The predicted molar refractivity (Wildman–Crippen MR) is 83.8 cm³/mol. The van der Waals surface area contributed by atoms with E-state index in [2.05, 4.69) is 34.1 Å². The first-order valence-electron chi connectivity index (χ1n) is 6.96. The van der Waals surface area contributed by atoms with E-state index < -0.39 is 0 Å². The minimum Gasteiger partial charge on any atom is -0.464 e. The Labute approximate surface area is 127 Å². The maximum atomic E-state index is 6.05. The van der Waals surface area contributed by atoms with Gasteiger partial charge in [-0.3, -0.25) is 0 Å². The number of benzene rings is 2. The van der Waals surface area contributed by atoms with E-state index in [-0.39, 0.29) is 6.29 Å². The average molecular weight is 333 g/mol. The summed E-state index contributed by atoms with van der Waals surface area (Å²) in [6.07, 6.45) is 3.14. The lowest BCUT2D eigenvalue weighted by Gasteiger charge is -2.24. The Kier molecular flexibility index (Phi) is 4.38. The molecule has 2 aromatic carbocycles. The molecule has 1 saturated heterocycles. The van der Waals surface area contributed by atoms with E-state index in [9.17, 15) is 0 Å². The molecule has 2 aromatic rings. The molecule has 2 nitrogen and oxygen atoms in total. The average Bonchev–Trinajstić information content (AvgIpc) is 2.51. The summed E-state index contributed by atoms with van der Waals surface area (Å²) in [5, 5.41) is 0. The van der Waals surface area contributed by atoms with Crippen LogP contribution < -0.4 is 4.74 Å². The molecule has 0 aromatic heterocycles. The Morgan fingerprint density at radius 1 is 1.05 bits per heavy atom. The van der Waals surface area contributed by atoms with Gasteiger partial charge in [-0.05, 0) is 36.6 Å². The van der Waals surface area contributed by atoms with Gasteiger partial charge in [0.25, 0.3) is 0 Å². The topological polar surface area (TPSA) is 18.5 Å². The summed E-state index contributed by atoms with van der Waals surface area (Å²) in [5.41, 5.74) is 2.24. The first-order chi connectivity index (χ1) is 9.83. The van der Waals surface area contributed by atoms with E-state index in [1.165, 1.54) is 6.42 Å². The van der Waals surface area contributed by atoms with Gasteiger partial charge in [-0.1, -0.05) is 46.3 Å². The molecule has 1 aliphatic heterocycles. The summed E-state index contributed by atoms with van der Waals surface area (Å²) in [7, 11) is 0. The summed E-state index contributed by atoms with van der Waals surface area (Å²) < 4.78 is 12.8. The van der Waals surface area contributed by atoms with Crippen molar-refractivity contribution in [3.8, 4) is 16.9 Å². The SMILES string of the molecule is Brc1ccc(OC2CCCCO2)c(-c2ccccc2)c1. The second-order valence-corrected chi connectivity index (χ2v) is 5.84. The zero-order chi connectivity index (χ0) is 13.8. The molecule has 0 amide bonds. The van der Waals surface area contributed by atoms with Gasteiger partial charge in [0.2, 0.25) is 0 Å². The highest BCUT2D eigenvalue weighted by Crippen LogP contribution is 2.34. The van der Waals surface area contributed by atoms with Crippen molar-refractivity contribution in [2.75, 3.05) is 6.61 Å². The molecule has 0 bridgehead atoms. The zero-order valence-corrected chi connectivity index (χ0v) is 12.8. The van der Waals surface area contributed by atoms with Gasteiger partial charge in [0.1, 0.15) is 5.75 Å². The molecular formula is C17H17BrO2. The number of hydrogen-bond acceptors (Lipinski definition) is 2. The Bertz CT molecular complexity index is 562. The first-order valence-corrected chi connectivity index (χ1v) is 7.75. The van der Waals surface area contributed by atoms with Crippen molar-refractivity contribution in [3.05, 3.63) is 53.0 Å². The molecule has 0 radical (unpaired) electrons. The fourth-order valence-electron chi connectivity index (χ4n) is 2.39. The van der Waals surface area contributed by atoms with Crippen LogP contribution in [-0.2, 0) is 4.74 Å². The molecule has 1 unspecified atom stereocenters. The Morgan fingerprint density at radius 3 is 2.65 bits per heavy atom. The molecule has 104 valence electrons. The molecule has 20 heavy (non-hydrogen) atoms. The Hall–Kier alpha value is -1.32. The zero-order valence-electron chi connectivity index (χ0n) is 11.2. The molecule has 1 fully saturated rings. The third-order valence-corrected chi connectivity index (χ3v) is 3.92. The second-order valence-electron chi connectivity index (χ2n) is 4.92. The van der Waals surface area contributed by atoms with Crippen molar-refractivity contribution in [1.82, 2.24) is 0 Å². The third-order valence-electron chi connectivity index (χ3n) is 3.42. The number of hydrogen-bond donors (Lipinski definition) is 0. The summed E-state index contributed by atoms with van der Waals surface area (Å²) in [4.78, 5) is 0. The molecule has 1 heterocycles. The first kappa shape index (κ1) is 13.7. The Balaban J connectivity index is 1.90. The van der Waals surface area contributed by atoms with Crippen LogP contribution in [-0.4, -0.2) is 12.9 Å². The highest BCUT2D eigenvalue weighted by atomic mass is 79.9. The normalized spacial score (nSPS) is 18.8. The van der Waals surface area contributed by atoms with Crippen LogP contribution in [0.3, 0.4) is 0 Å². The molecule has 0 spiro atoms. The van der Waals surface area contributed by atoms with Crippen LogP contribution in [0.4, 0.5) is 0 Å². The van der Waals surface area contributed by atoms with Crippen LogP contribution in [0.2, 0.25) is 0 Å². The van der Waals surface area contributed by atoms with Gasteiger partial charge in [-0.2, -0.15) is 0 Å². The van der Waals surface area contributed by atoms with Gasteiger partial charge in [-0.25, -0.2) is 0 Å². The molecule has 0 N–H and O–H groups in total. The van der Waals surface area contributed by atoms with E-state index in [1.807, 2.05) is 30.3 Å². The highest BCUT2D eigenvalue weighted by molar-refractivity contribution is 9.10. The monoisotopic (exact) mass is 332 g/mol. The van der Waals surface area contributed by atoms with Gasteiger partial charge in [0.05, 0.1) is 6.61 Å². The smallest absolute Gasteiger partial charge is 0.199 e. The molecule has 3 rings (SSSR count). The third kappa shape index (κ3) is 3.22. The quantitative estimate of drug-likeness (QED) is 0.785. The lowest BCUT2D eigenvalue weighted by Crippen LogP contribution is -2.25. The molecule has 1 aliphatic rings. The van der Waals surface area contributed by atoms with Gasteiger partial charge >= 0.3 is 0 Å². The molecular weight excluding hydrogens is 316 g/mol. The largest absolute Gasteiger partial charge is 0.464 e. The molecule has 1 atom stereocenters. The minimum absolute atomic E-state index is 0.118. The predicted octanol–water partition coefficient (Wildman–Crippen LogP) is 5.02. The summed E-state index contributed by atoms with van der Waals surface area (Å²) in [6, 6.07) is 16.4. The van der Waals surface area contributed by atoms with Crippen LogP contribution in [0.15, 0.2) is 53.0 Å². The summed E-state index contributed by atoms with van der Waals surface area (Å²) in [6.45, 7) is 0.794. The molecule has 0 aliphatic carbocycles. The van der Waals surface area contributed by atoms with Gasteiger partial charge < -0.3 is 9.47 Å². The highest BCUT2D eigenvalue weighted by Gasteiger charge is 2.17. The number of ether oxygens (including phenoxy) is 2. The fourth-order valence-corrected chi connectivity index (χ4v) is 2.76. The number of rotatable bonds is 3. The lowest BCUT2D eigenvalue weighted by atomic mass is 10.0. The van der Waals surface area contributed by atoms with E-state index in [0.29, 0.717) is 0 Å². The van der Waals surface area contributed by atoms with Crippen LogP contribution >= 0.6 is 15.9 Å². The van der Waals surface area contributed by atoms with E-state index in [4.69, 9.17) is 9.47 Å². The van der Waals surface area contributed by atoms with Crippen molar-refractivity contribution < 1.29 is 9.47 Å². The van der Waals surface area contributed by atoms with Gasteiger partial charge in [-0.15, -0.1) is 0 Å². The van der Waals surface area contributed by atoms with Crippen LogP contribution in [0.5, 0.6) is 5.75 Å². The van der Waals surface area contributed by atoms with E-state index in [0.717, 1.165) is 40.8 Å². The van der Waals surface area contributed by atoms with Crippen LogP contribution in [0, 0.1) is 0 Å². The van der Waals surface area contributed by atoms with E-state index in [1.54, 1.807) is 0 Å². The standard InChI is InChI=1S/C17H17BrO2/c18-14-9-10-16(20-17-8-4-5-11-19-17)15(12-14)13-6-2-1-3-7-13/h1-3,6-7,9-10,12,17H,4-5,8,11H2. The van der Waals surface area contributed by atoms with E-state index >= 15 is 0 Å². The number of halogens is 1. The summed E-state index contributed by atoms with van der Waals surface area (Å²) in [5.74, 6) is 0.881. The van der Waals surface area contributed by atoms with Gasteiger partial charge in [0, 0.05) is 16.5 Å². The second kappa shape index (κ2) is 6.42. The maximum Gasteiger partial charge on any atom is 0.199 e. The fraction of sp³-hybridized carbons (Fsp3) is 0.294. The lowest BCUT2D eigenvalue weighted by molar-refractivity contribution is -0.105. The Morgan fingerprint density at radius 2 is 1.90 bits per heavy atom. The minimum atomic E-state index is -0.118. The van der Waals surface area contributed by atoms with Crippen molar-refractivity contribution in [2.24, 2.45) is 0 Å². The molecule has 0 saturated carbocycles.